The summed E-state index contributed by atoms with van der Waals surface area (Å²) >= 11 is 0. The molecule has 6 rings (SSSR count). The van der Waals surface area contributed by atoms with Crippen LogP contribution < -0.4 is 14.8 Å². The summed E-state index contributed by atoms with van der Waals surface area (Å²) < 4.78 is 13.3. The van der Waals surface area contributed by atoms with Crippen molar-refractivity contribution in [2.45, 2.75) is 25.3 Å². The number of pyridine rings is 1. The molecule has 6 bridgehead atoms. The lowest BCUT2D eigenvalue weighted by Crippen LogP contribution is -2.38. The lowest BCUT2D eigenvalue weighted by molar-refractivity contribution is -0.109. The van der Waals surface area contributed by atoms with Gasteiger partial charge in [0.05, 0.1) is 30.5 Å². The van der Waals surface area contributed by atoms with Crippen LogP contribution in [0.15, 0.2) is 79.1 Å². The number of ether oxygens (including phenoxy) is 2. The molecule has 0 saturated carbocycles. The maximum Gasteiger partial charge on any atom is 0.255 e. The minimum Gasteiger partial charge on any atom is -0.494 e. The van der Waals surface area contributed by atoms with Gasteiger partial charge in [-0.1, -0.05) is 24.3 Å². The zero-order chi connectivity index (χ0) is 24.7. The monoisotopic (exact) mass is 482 g/mol. The van der Waals surface area contributed by atoms with Crippen molar-refractivity contribution in [1.82, 2.24) is 20.1 Å². The summed E-state index contributed by atoms with van der Waals surface area (Å²) in [6, 6.07) is 19.8. The molecule has 0 radical (unpaired) electrons. The van der Waals surface area contributed by atoms with E-state index in [-0.39, 0.29) is 0 Å². The number of hydrogen-bond donors (Lipinski definition) is 1. The molecule has 2 aromatic carbocycles. The van der Waals surface area contributed by atoms with Crippen LogP contribution in [0.1, 0.15) is 28.8 Å². The minimum absolute atomic E-state index is 0.321. The molecule has 0 fully saturated rings. The number of carbonyl (C=O) groups excluding carboxylic acids is 2. The molecule has 8 nitrogen and oxygen atoms in total. The first-order chi connectivity index (χ1) is 17.7. The summed E-state index contributed by atoms with van der Waals surface area (Å²) in [6.45, 7) is 1.17. The second-order valence-electron chi connectivity index (χ2n) is 8.52. The average molecular weight is 483 g/mol. The Balaban J connectivity index is 1.47. The average Bonchev–Trinajstić information content (AvgIpc) is 3.41. The predicted octanol–water partition coefficient (Wildman–Crippen LogP) is 4.03. The van der Waals surface area contributed by atoms with Crippen molar-refractivity contribution < 1.29 is 19.1 Å². The summed E-state index contributed by atoms with van der Waals surface area (Å²) in [5.74, 6) is 1.50. The van der Waals surface area contributed by atoms with E-state index in [9.17, 15) is 9.59 Å². The molecule has 182 valence electrons. The van der Waals surface area contributed by atoms with Crippen molar-refractivity contribution in [3.8, 4) is 28.6 Å². The van der Waals surface area contributed by atoms with Crippen molar-refractivity contribution in [3.05, 3.63) is 90.3 Å². The minimum atomic E-state index is -0.689. The highest BCUT2D eigenvalue weighted by atomic mass is 16.5. The molecule has 1 amide bonds. The van der Waals surface area contributed by atoms with Crippen molar-refractivity contribution in [1.29, 1.82) is 0 Å². The van der Waals surface area contributed by atoms with E-state index in [2.05, 4.69) is 15.4 Å². The van der Waals surface area contributed by atoms with Crippen molar-refractivity contribution in [2.24, 2.45) is 0 Å². The van der Waals surface area contributed by atoms with Crippen LogP contribution >= 0.6 is 0 Å². The van der Waals surface area contributed by atoms with Crippen LogP contribution in [0.5, 0.6) is 11.5 Å². The third-order valence-corrected chi connectivity index (χ3v) is 5.90. The number of aromatic nitrogens is 3. The normalized spacial score (nSPS) is 16.3. The van der Waals surface area contributed by atoms with Gasteiger partial charge in [-0.25, -0.2) is 9.67 Å². The van der Waals surface area contributed by atoms with Gasteiger partial charge < -0.3 is 19.6 Å². The Morgan fingerprint density at radius 2 is 1.75 bits per heavy atom. The van der Waals surface area contributed by atoms with Gasteiger partial charge in [0, 0.05) is 18.0 Å². The van der Waals surface area contributed by atoms with Gasteiger partial charge in [0.15, 0.2) is 5.82 Å². The van der Waals surface area contributed by atoms with E-state index in [1.54, 1.807) is 29.2 Å². The van der Waals surface area contributed by atoms with Crippen molar-refractivity contribution >= 4 is 12.2 Å². The standard InChI is InChI=1S/C28H26N4O4/c33-19-22-17-20-8-10-23(11-9-20)35-15-1-2-16-36-24-6-3-5-21(18-24)26-12-14-32(31-26)27-25(28(34)30-22)7-4-13-29-27/h3-14,18-19,22H,1-2,15-17H2,(H,30,34)/t22-/m0/s1. The molecule has 0 aliphatic carbocycles. The van der Waals surface area contributed by atoms with E-state index >= 15 is 0 Å². The predicted molar refractivity (Wildman–Crippen MR) is 134 cm³/mol. The third kappa shape index (κ3) is 5.43. The maximum absolute atomic E-state index is 13.1. The Morgan fingerprint density at radius 3 is 2.56 bits per heavy atom. The van der Waals surface area contributed by atoms with Gasteiger partial charge in [0.2, 0.25) is 0 Å². The summed E-state index contributed by atoms with van der Waals surface area (Å²) in [4.78, 5) is 29.3. The molecule has 2 aliphatic heterocycles. The van der Waals surface area contributed by atoms with E-state index in [1.807, 2.05) is 54.6 Å². The molecule has 4 heterocycles. The van der Waals surface area contributed by atoms with E-state index in [0.29, 0.717) is 31.0 Å². The highest BCUT2D eigenvalue weighted by Gasteiger charge is 2.19. The van der Waals surface area contributed by atoms with Crippen LogP contribution in [0.4, 0.5) is 0 Å². The fourth-order valence-electron chi connectivity index (χ4n) is 4.04. The van der Waals surface area contributed by atoms with Crippen LogP contribution in [0.25, 0.3) is 17.1 Å². The van der Waals surface area contributed by atoms with E-state index in [1.165, 1.54) is 0 Å². The Hall–Kier alpha value is -4.46. The second-order valence-corrected chi connectivity index (χ2v) is 8.52. The van der Waals surface area contributed by atoms with Gasteiger partial charge in [-0.05, 0) is 67.3 Å². The van der Waals surface area contributed by atoms with Gasteiger partial charge >= 0.3 is 0 Å². The highest BCUT2D eigenvalue weighted by molar-refractivity contribution is 5.98. The van der Waals surface area contributed by atoms with E-state index in [0.717, 1.165) is 47.4 Å². The quantitative estimate of drug-likeness (QED) is 0.412. The molecule has 2 aromatic heterocycles. The SMILES string of the molecule is O=C[C@@H]1Cc2ccc(cc2)OCCCCOc2cccc(c2)-c2ccn(n2)-c2ncccc2C(=O)N1. The summed E-state index contributed by atoms with van der Waals surface area (Å²) in [5, 5.41) is 7.47. The van der Waals surface area contributed by atoms with Gasteiger partial charge in [-0.3, -0.25) is 4.79 Å². The molecule has 4 aromatic rings. The lowest BCUT2D eigenvalue weighted by Gasteiger charge is -2.15. The highest BCUT2D eigenvalue weighted by Crippen LogP contribution is 2.24. The van der Waals surface area contributed by atoms with Crippen LogP contribution in [-0.2, 0) is 11.2 Å². The first-order valence-corrected chi connectivity index (χ1v) is 11.9. The summed E-state index contributed by atoms with van der Waals surface area (Å²) in [7, 11) is 0. The molecular weight excluding hydrogens is 456 g/mol. The molecule has 0 unspecified atom stereocenters. The Morgan fingerprint density at radius 1 is 0.944 bits per heavy atom. The zero-order valence-electron chi connectivity index (χ0n) is 19.7. The molecular formula is C28H26N4O4. The summed E-state index contributed by atoms with van der Waals surface area (Å²) in [5.41, 5.74) is 2.85. The lowest BCUT2D eigenvalue weighted by atomic mass is 10.1. The van der Waals surface area contributed by atoms with Gasteiger partial charge in [0.25, 0.3) is 5.91 Å². The molecule has 0 saturated heterocycles. The Bertz CT molecular complexity index is 1350. The zero-order valence-corrected chi connectivity index (χ0v) is 19.7. The molecule has 2 aliphatic rings. The van der Waals surface area contributed by atoms with E-state index in [4.69, 9.17) is 9.47 Å². The van der Waals surface area contributed by atoms with Crippen LogP contribution in [0.3, 0.4) is 0 Å². The maximum atomic E-state index is 13.1. The molecule has 36 heavy (non-hydrogen) atoms. The van der Waals surface area contributed by atoms with Crippen LogP contribution in [0, 0.1) is 0 Å². The largest absolute Gasteiger partial charge is 0.494 e. The van der Waals surface area contributed by atoms with Crippen LogP contribution in [-0.4, -0.2) is 46.2 Å². The Kier molecular flexibility index (Phi) is 7.02. The van der Waals surface area contributed by atoms with Gasteiger partial charge in [0.1, 0.15) is 17.8 Å². The number of fused-ring (bicyclic) bond motifs is 10. The topological polar surface area (TPSA) is 95.3 Å². The second kappa shape index (κ2) is 10.9. The van der Waals surface area contributed by atoms with Crippen LogP contribution in [0.2, 0.25) is 0 Å². The third-order valence-electron chi connectivity index (χ3n) is 5.90. The number of nitrogens with one attached hydrogen (secondary N) is 1. The number of benzene rings is 2. The van der Waals surface area contributed by atoms with Crippen molar-refractivity contribution in [3.63, 3.8) is 0 Å². The molecule has 1 atom stereocenters. The van der Waals surface area contributed by atoms with Gasteiger partial charge in [-0.15, -0.1) is 0 Å². The first kappa shape index (κ1) is 23.3. The van der Waals surface area contributed by atoms with Crippen molar-refractivity contribution in [2.75, 3.05) is 13.2 Å². The molecule has 1 N–H and O–H groups in total. The first-order valence-electron chi connectivity index (χ1n) is 11.9. The number of nitrogens with zero attached hydrogens (tertiary/aromatic N) is 3. The molecule has 0 spiro atoms. The molecule has 8 heteroatoms. The fraction of sp³-hybridized carbons (Fsp3) is 0.214. The van der Waals surface area contributed by atoms with E-state index < -0.39 is 11.9 Å². The summed E-state index contributed by atoms with van der Waals surface area (Å²) in [6.07, 6.45) is 6.20. The fourth-order valence-corrected chi connectivity index (χ4v) is 4.04. The Labute approximate surface area is 208 Å². The number of carbonyl (C=O) groups is 2. The van der Waals surface area contributed by atoms with Gasteiger partial charge in [-0.2, -0.15) is 5.10 Å². The number of amides is 1. The smallest absolute Gasteiger partial charge is 0.255 e. The number of hydrogen-bond acceptors (Lipinski definition) is 6. The number of rotatable bonds is 1. The number of aldehydes is 1.